The number of sulfonamides is 1. The molecular weight excluding hydrogens is 662 g/mol. The highest BCUT2D eigenvalue weighted by atomic mass is 79.9. The van der Waals surface area contributed by atoms with Crippen molar-refractivity contribution in [2.24, 2.45) is 5.92 Å². The maximum atomic E-state index is 14.6. The highest BCUT2D eigenvalue weighted by molar-refractivity contribution is 9.10. The molecule has 1 N–H and O–H groups in total. The van der Waals surface area contributed by atoms with Crippen LogP contribution in [0.5, 0.6) is 0 Å². The first-order valence-electron chi connectivity index (χ1n) is 15.4. The Morgan fingerprint density at radius 3 is 2.04 bits per heavy atom. The highest BCUT2D eigenvalue weighted by Crippen LogP contribution is 2.29. The van der Waals surface area contributed by atoms with E-state index < -0.39 is 28.5 Å². The summed E-state index contributed by atoms with van der Waals surface area (Å²) >= 11 is 3.47. The summed E-state index contributed by atoms with van der Waals surface area (Å²) in [5, 5.41) is 3.02. The quantitative estimate of drug-likeness (QED) is 0.163. The first-order valence-corrected chi connectivity index (χ1v) is 17.6. The summed E-state index contributed by atoms with van der Waals surface area (Å²) in [5.41, 5.74) is 4.72. The predicted molar refractivity (Wildman–Crippen MR) is 188 cm³/mol. The van der Waals surface area contributed by atoms with Crippen LogP contribution >= 0.6 is 15.9 Å². The summed E-state index contributed by atoms with van der Waals surface area (Å²) in [5.74, 6) is -0.571. The van der Waals surface area contributed by atoms with Crippen molar-refractivity contribution in [2.75, 3.05) is 17.4 Å². The van der Waals surface area contributed by atoms with Crippen LogP contribution in [0.2, 0.25) is 0 Å². The molecule has 4 rings (SSSR count). The number of benzene rings is 4. The van der Waals surface area contributed by atoms with E-state index in [0.29, 0.717) is 12.2 Å². The van der Waals surface area contributed by atoms with Gasteiger partial charge in [-0.1, -0.05) is 108 Å². The van der Waals surface area contributed by atoms with Crippen LogP contribution < -0.4 is 9.62 Å². The van der Waals surface area contributed by atoms with Gasteiger partial charge in [-0.05, 0) is 73.7 Å². The Morgan fingerprint density at radius 1 is 0.804 bits per heavy atom. The zero-order chi connectivity index (χ0) is 33.4. The topological polar surface area (TPSA) is 86.8 Å². The van der Waals surface area contributed by atoms with E-state index in [4.69, 9.17) is 0 Å². The lowest BCUT2D eigenvalue weighted by Gasteiger charge is -2.34. The largest absolute Gasteiger partial charge is 0.354 e. The third-order valence-corrected chi connectivity index (χ3v) is 10.0. The Balaban J connectivity index is 1.82. The van der Waals surface area contributed by atoms with Crippen molar-refractivity contribution in [2.45, 2.75) is 58.5 Å². The first-order chi connectivity index (χ1) is 21.8. The lowest BCUT2D eigenvalue weighted by atomic mass is 10.0. The molecule has 0 heterocycles. The third kappa shape index (κ3) is 9.07. The summed E-state index contributed by atoms with van der Waals surface area (Å²) in [7, 11) is -4.16. The summed E-state index contributed by atoms with van der Waals surface area (Å²) in [6.07, 6.45) is 0.265. The van der Waals surface area contributed by atoms with E-state index in [2.05, 4.69) is 21.2 Å². The molecular formula is C37H42BrN3O4S. The molecule has 0 aliphatic rings. The zero-order valence-corrected chi connectivity index (χ0v) is 29.4. The number of anilines is 1. The molecule has 0 radical (unpaired) electrons. The van der Waals surface area contributed by atoms with Gasteiger partial charge in [-0.15, -0.1) is 0 Å². The van der Waals surface area contributed by atoms with Crippen molar-refractivity contribution in [3.8, 4) is 0 Å². The lowest BCUT2D eigenvalue weighted by molar-refractivity contribution is -0.140. The van der Waals surface area contributed by atoms with Crippen LogP contribution in [-0.2, 0) is 32.6 Å². The second kappa shape index (κ2) is 15.6. The summed E-state index contributed by atoms with van der Waals surface area (Å²) in [6.45, 7) is 9.75. The SMILES string of the molecule is Cc1ccc(S(=O)(=O)N(CC(=O)N(Cc2ccc(Br)cc2)[C@@H](Cc2ccccc2)C(=O)NCC(C)C)c2ccc(C)cc2C)cc1. The van der Waals surface area contributed by atoms with Gasteiger partial charge in [0.25, 0.3) is 10.0 Å². The molecule has 4 aromatic rings. The van der Waals surface area contributed by atoms with Crippen molar-refractivity contribution in [1.29, 1.82) is 0 Å². The van der Waals surface area contributed by atoms with E-state index in [0.717, 1.165) is 32.3 Å². The van der Waals surface area contributed by atoms with Crippen molar-refractivity contribution in [1.82, 2.24) is 10.2 Å². The molecule has 0 saturated carbocycles. The first kappa shape index (κ1) is 34.9. The van der Waals surface area contributed by atoms with Gasteiger partial charge in [0, 0.05) is 24.0 Å². The number of nitrogens with zero attached hydrogens (tertiary/aromatic N) is 2. The van der Waals surface area contributed by atoms with Gasteiger partial charge in [0.2, 0.25) is 11.8 Å². The predicted octanol–water partition coefficient (Wildman–Crippen LogP) is 6.98. The molecule has 0 spiro atoms. The molecule has 9 heteroatoms. The molecule has 7 nitrogen and oxygen atoms in total. The molecule has 0 aliphatic heterocycles. The molecule has 1 atom stereocenters. The van der Waals surface area contributed by atoms with Crippen molar-refractivity contribution in [3.05, 3.63) is 129 Å². The van der Waals surface area contributed by atoms with E-state index in [-0.39, 0.29) is 29.7 Å². The molecule has 0 saturated heterocycles. The van der Waals surface area contributed by atoms with Gasteiger partial charge >= 0.3 is 0 Å². The lowest BCUT2D eigenvalue weighted by Crippen LogP contribution is -2.53. The van der Waals surface area contributed by atoms with E-state index >= 15 is 0 Å². The molecule has 46 heavy (non-hydrogen) atoms. The van der Waals surface area contributed by atoms with Gasteiger partial charge in [0.05, 0.1) is 10.6 Å². The molecule has 2 amide bonds. The minimum Gasteiger partial charge on any atom is -0.354 e. The number of nitrogens with one attached hydrogen (secondary N) is 1. The summed E-state index contributed by atoms with van der Waals surface area (Å²) < 4.78 is 30.6. The summed E-state index contributed by atoms with van der Waals surface area (Å²) in [6, 6.07) is 28.3. The van der Waals surface area contributed by atoms with Crippen molar-refractivity contribution < 1.29 is 18.0 Å². The Kier molecular flexibility index (Phi) is 11.8. The number of aryl methyl sites for hydroxylation is 3. The summed E-state index contributed by atoms with van der Waals surface area (Å²) in [4.78, 5) is 30.1. The van der Waals surface area contributed by atoms with Gasteiger partial charge in [-0.3, -0.25) is 13.9 Å². The van der Waals surface area contributed by atoms with Crippen LogP contribution in [0.15, 0.2) is 106 Å². The van der Waals surface area contributed by atoms with Gasteiger partial charge in [-0.25, -0.2) is 8.42 Å². The smallest absolute Gasteiger partial charge is 0.264 e. The Morgan fingerprint density at radius 2 is 1.43 bits per heavy atom. The minimum absolute atomic E-state index is 0.0841. The van der Waals surface area contributed by atoms with E-state index in [1.54, 1.807) is 30.3 Å². The second-order valence-corrected chi connectivity index (χ2v) is 14.9. The second-order valence-electron chi connectivity index (χ2n) is 12.1. The van der Waals surface area contributed by atoms with Gasteiger partial charge in [-0.2, -0.15) is 0 Å². The van der Waals surface area contributed by atoms with Gasteiger partial charge < -0.3 is 10.2 Å². The number of carbonyl (C=O) groups excluding carboxylic acids is 2. The van der Waals surface area contributed by atoms with Crippen LogP contribution in [0.4, 0.5) is 5.69 Å². The van der Waals surface area contributed by atoms with Gasteiger partial charge in [0.1, 0.15) is 12.6 Å². The van der Waals surface area contributed by atoms with Crippen LogP contribution in [0, 0.1) is 26.7 Å². The Labute approximate surface area is 281 Å². The molecule has 0 unspecified atom stereocenters. The van der Waals surface area contributed by atoms with E-state index in [1.165, 1.54) is 9.21 Å². The third-order valence-electron chi connectivity index (χ3n) is 7.73. The Hall–Kier alpha value is -3.95. The zero-order valence-electron chi connectivity index (χ0n) is 27.0. The van der Waals surface area contributed by atoms with Gasteiger partial charge in [0.15, 0.2) is 0 Å². The standard InChI is InChI=1S/C37H42BrN3O4S/c1-26(2)23-39-37(43)35(22-30-9-7-6-8-10-30)40(24-31-14-16-32(38)17-15-31)36(42)25-41(34-20-13-28(4)21-29(34)5)46(44,45)33-18-11-27(3)12-19-33/h6-21,26,35H,22-25H2,1-5H3,(H,39,43)/t35-/m0/s1. The molecule has 0 fully saturated rings. The molecule has 0 bridgehead atoms. The highest BCUT2D eigenvalue weighted by Gasteiger charge is 2.35. The van der Waals surface area contributed by atoms with Crippen molar-refractivity contribution in [3.63, 3.8) is 0 Å². The average Bonchev–Trinajstić information content (AvgIpc) is 3.02. The number of carbonyl (C=O) groups is 2. The fraction of sp³-hybridized carbons (Fsp3) is 0.297. The Bertz CT molecular complexity index is 1740. The fourth-order valence-electron chi connectivity index (χ4n) is 5.20. The van der Waals surface area contributed by atoms with Crippen LogP contribution in [-0.4, -0.2) is 44.3 Å². The van der Waals surface area contributed by atoms with Crippen LogP contribution in [0.25, 0.3) is 0 Å². The number of hydrogen-bond donors (Lipinski definition) is 1. The van der Waals surface area contributed by atoms with Crippen molar-refractivity contribution >= 4 is 43.5 Å². The van der Waals surface area contributed by atoms with E-state index in [1.807, 2.05) is 101 Å². The number of amides is 2. The van der Waals surface area contributed by atoms with Crippen LogP contribution in [0.1, 0.15) is 41.7 Å². The van der Waals surface area contributed by atoms with Crippen LogP contribution in [0.3, 0.4) is 0 Å². The monoisotopic (exact) mass is 703 g/mol. The number of rotatable bonds is 13. The fourth-order valence-corrected chi connectivity index (χ4v) is 6.94. The number of hydrogen-bond acceptors (Lipinski definition) is 4. The molecule has 242 valence electrons. The number of halogens is 1. The maximum Gasteiger partial charge on any atom is 0.264 e. The molecule has 0 aliphatic carbocycles. The maximum absolute atomic E-state index is 14.6. The minimum atomic E-state index is -4.16. The normalized spacial score (nSPS) is 12.1. The average molecular weight is 705 g/mol. The molecule has 4 aromatic carbocycles. The molecule has 0 aromatic heterocycles. The van der Waals surface area contributed by atoms with E-state index in [9.17, 15) is 18.0 Å².